The number of nitrogens with zero attached hydrogens (tertiary/aromatic N) is 1. The van der Waals surface area contributed by atoms with E-state index in [1.54, 1.807) is 0 Å². The minimum absolute atomic E-state index is 0.386. The molecule has 0 fully saturated rings. The van der Waals surface area contributed by atoms with E-state index in [9.17, 15) is 0 Å². The molecule has 0 spiro atoms. The van der Waals surface area contributed by atoms with Gasteiger partial charge in [-0.05, 0) is 32.0 Å². The maximum absolute atomic E-state index is 3.53. The van der Waals surface area contributed by atoms with Gasteiger partial charge in [0.05, 0.1) is 6.17 Å². The molecule has 1 heterocycles. The molecule has 1 aliphatic heterocycles. The molecule has 0 saturated heterocycles. The maximum atomic E-state index is 3.53. The maximum Gasteiger partial charge on any atom is 0.0984 e. The lowest BCUT2D eigenvalue weighted by Gasteiger charge is -2.28. The number of likely N-dealkylation sites (N-methyl/N-ethyl adjacent to an activating group) is 1. The normalized spacial score (nSPS) is 18.9. The van der Waals surface area contributed by atoms with Crippen molar-refractivity contribution in [2.75, 3.05) is 13.6 Å². The van der Waals surface area contributed by atoms with Crippen LogP contribution in [0.3, 0.4) is 0 Å². The first-order valence-electron chi connectivity index (χ1n) is 6.56. The van der Waals surface area contributed by atoms with Crippen molar-refractivity contribution in [1.29, 1.82) is 0 Å². The molecule has 94 valence electrons. The molecule has 16 heavy (non-hydrogen) atoms. The van der Waals surface area contributed by atoms with Crippen LogP contribution in [-0.2, 0) is 0 Å². The van der Waals surface area contributed by atoms with Crippen LogP contribution in [-0.4, -0.2) is 24.7 Å². The van der Waals surface area contributed by atoms with Crippen molar-refractivity contribution in [3.63, 3.8) is 0 Å². The molecule has 0 bridgehead atoms. The average Bonchev–Trinajstić information content (AvgIpc) is 2.31. The van der Waals surface area contributed by atoms with Crippen LogP contribution in [0.4, 0.5) is 0 Å². The molecule has 0 aromatic rings. The first kappa shape index (κ1) is 15.2. The molecule has 1 rings (SSSR count). The standard InChI is InChI=1S/C12H22N2.C2H6/c1-4-5-6-8-13-12-10-11(2)7-9-14(12)3;1-2/h7,9-10,12-13H,4-6,8H2,1-3H3;1-2H3. The van der Waals surface area contributed by atoms with E-state index in [1.807, 2.05) is 13.8 Å². The highest BCUT2D eigenvalue weighted by Crippen LogP contribution is 2.09. The van der Waals surface area contributed by atoms with Crippen molar-refractivity contribution in [3.05, 3.63) is 23.9 Å². The van der Waals surface area contributed by atoms with Crippen LogP contribution in [0.25, 0.3) is 0 Å². The number of unbranched alkanes of at least 4 members (excludes halogenated alkanes) is 2. The Hall–Kier alpha value is -0.760. The van der Waals surface area contributed by atoms with E-state index in [2.05, 4.69) is 49.5 Å². The lowest BCUT2D eigenvalue weighted by Crippen LogP contribution is -2.41. The third kappa shape index (κ3) is 5.96. The van der Waals surface area contributed by atoms with Crippen LogP contribution in [0.2, 0.25) is 0 Å². The SMILES string of the molecule is CC.CCCCCNC1C=C(C)C=CN1C. The Morgan fingerprint density at radius 3 is 2.62 bits per heavy atom. The summed E-state index contributed by atoms with van der Waals surface area (Å²) < 4.78 is 0. The Labute approximate surface area is 101 Å². The molecule has 0 radical (unpaired) electrons. The van der Waals surface area contributed by atoms with E-state index in [4.69, 9.17) is 0 Å². The fraction of sp³-hybridized carbons (Fsp3) is 0.714. The van der Waals surface area contributed by atoms with Crippen LogP contribution in [0.15, 0.2) is 23.9 Å². The van der Waals surface area contributed by atoms with Crippen molar-refractivity contribution in [2.24, 2.45) is 0 Å². The molecular weight excluding hydrogens is 196 g/mol. The van der Waals surface area contributed by atoms with Gasteiger partial charge in [0.15, 0.2) is 0 Å². The van der Waals surface area contributed by atoms with Crippen LogP contribution in [0.1, 0.15) is 47.0 Å². The van der Waals surface area contributed by atoms with E-state index < -0.39 is 0 Å². The summed E-state index contributed by atoms with van der Waals surface area (Å²) in [5.41, 5.74) is 1.34. The van der Waals surface area contributed by atoms with Crippen molar-refractivity contribution >= 4 is 0 Å². The zero-order valence-electron chi connectivity index (χ0n) is 11.6. The van der Waals surface area contributed by atoms with E-state index in [0.717, 1.165) is 6.54 Å². The Kier molecular flexibility index (Phi) is 9.02. The number of allylic oxidation sites excluding steroid dienone is 2. The molecule has 0 aliphatic carbocycles. The van der Waals surface area contributed by atoms with Crippen LogP contribution >= 0.6 is 0 Å². The number of rotatable bonds is 5. The predicted octanol–water partition coefficient (Wildman–Crippen LogP) is 3.52. The number of hydrogen-bond acceptors (Lipinski definition) is 2. The van der Waals surface area contributed by atoms with Gasteiger partial charge in [-0.15, -0.1) is 0 Å². The van der Waals surface area contributed by atoms with E-state index in [0.29, 0.717) is 6.17 Å². The molecule has 0 amide bonds. The Morgan fingerprint density at radius 1 is 1.31 bits per heavy atom. The molecule has 1 N–H and O–H groups in total. The number of nitrogens with one attached hydrogen (secondary N) is 1. The second-order valence-corrected chi connectivity index (χ2v) is 4.00. The van der Waals surface area contributed by atoms with Gasteiger partial charge in [-0.25, -0.2) is 0 Å². The fourth-order valence-electron chi connectivity index (χ4n) is 1.58. The molecule has 1 unspecified atom stereocenters. The average molecular weight is 224 g/mol. The van der Waals surface area contributed by atoms with Gasteiger partial charge in [-0.2, -0.15) is 0 Å². The lowest BCUT2D eigenvalue weighted by atomic mass is 10.2. The molecule has 0 saturated carbocycles. The van der Waals surface area contributed by atoms with Gasteiger partial charge < -0.3 is 4.90 Å². The fourth-order valence-corrected chi connectivity index (χ4v) is 1.58. The third-order valence-electron chi connectivity index (χ3n) is 2.57. The molecule has 0 aromatic heterocycles. The van der Waals surface area contributed by atoms with Gasteiger partial charge in [0.2, 0.25) is 0 Å². The Bertz CT molecular complexity index is 219. The summed E-state index contributed by atoms with van der Waals surface area (Å²) in [4.78, 5) is 2.21. The smallest absolute Gasteiger partial charge is 0.0984 e. The molecule has 2 nitrogen and oxygen atoms in total. The summed E-state index contributed by atoms with van der Waals surface area (Å²) in [5, 5.41) is 3.53. The van der Waals surface area contributed by atoms with E-state index in [1.165, 1.54) is 24.8 Å². The number of hydrogen-bond donors (Lipinski definition) is 1. The van der Waals surface area contributed by atoms with Gasteiger partial charge in [-0.1, -0.05) is 39.2 Å². The van der Waals surface area contributed by atoms with Crippen molar-refractivity contribution in [3.8, 4) is 0 Å². The van der Waals surface area contributed by atoms with Gasteiger partial charge in [-0.3, -0.25) is 5.32 Å². The first-order valence-corrected chi connectivity index (χ1v) is 6.56. The van der Waals surface area contributed by atoms with E-state index in [-0.39, 0.29) is 0 Å². The zero-order valence-corrected chi connectivity index (χ0v) is 11.6. The quantitative estimate of drug-likeness (QED) is 0.719. The van der Waals surface area contributed by atoms with Gasteiger partial charge in [0.1, 0.15) is 0 Å². The summed E-state index contributed by atoms with van der Waals surface area (Å²) >= 11 is 0. The summed E-state index contributed by atoms with van der Waals surface area (Å²) in [6, 6.07) is 0. The summed E-state index contributed by atoms with van der Waals surface area (Å²) in [6.07, 6.45) is 10.8. The molecule has 1 atom stereocenters. The second kappa shape index (κ2) is 9.46. The summed E-state index contributed by atoms with van der Waals surface area (Å²) in [5.74, 6) is 0. The Morgan fingerprint density at radius 2 is 2.00 bits per heavy atom. The highest BCUT2D eigenvalue weighted by molar-refractivity contribution is 5.22. The minimum Gasteiger partial charge on any atom is -0.362 e. The van der Waals surface area contributed by atoms with E-state index >= 15 is 0 Å². The van der Waals surface area contributed by atoms with Crippen molar-refractivity contribution in [1.82, 2.24) is 10.2 Å². The summed E-state index contributed by atoms with van der Waals surface area (Å²) in [6.45, 7) is 9.49. The molecule has 0 aromatic carbocycles. The molecular formula is C14H28N2. The molecule has 1 aliphatic rings. The van der Waals surface area contributed by atoms with Gasteiger partial charge in [0.25, 0.3) is 0 Å². The van der Waals surface area contributed by atoms with Crippen LogP contribution < -0.4 is 5.32 Å². The topological polar surface area (TPSA) is 15.3 Å². The zero-order chi connectivity index (χ0) is 12.4. The van der Waals surface area contributed by atoms with Gasteiger partial charge in [0, 0.05) is 13.2 Å². The largest absolute Gasteiger partial charge is 0.362 e. The third-order valence-corrected chi connectivity index (χ3v) is 2.57. The highest BCUT2D eigenvalue weighted by Gasteiger charge is 2.10. The minimum atomic E-state index is 0.386. The Balaban J connectivity index is 0.00000106. The summed E-state index contributed by atoms with van der Waals surface area (Å²) in [7, 11) is 2.11. The highest BCUT2D eigenvalue weighted by atomic mass is 15.2. The van der Waals surface area contributed by atoms with Crippen LogP contribution in [0.5, 0.6) is 0 Å². The van der Waals surface area contributed by atoms with Crippen LogP contribution in [0, 0.1) is 0 Å². The first-order chi connectivity index (χ1) is 7.74. The monoisotopic (exact) mass is 224 g/mol. The van der Waals surface area contributed by atoms with Crippen molar-refractivity contribution < 1.29 is 0 Å². The predicted molar refractivity (Wildman–Crippen MR) is 73.3 cm³/mol. The lowest BCUT2D eigenvalue weighted by molar-refractivity contribution is 0.320. The second-order valence-electron chi connectivity index (χ2n) is 4.00. The molecule has 2 heteroatoms. The van der Waals surface area contributed by atoms with Crippen molar-refractivity contribution in [2.45, 2.75) is 53.1 Å². The van der Waals surface area contributed by atoms with Gasteiger partial charge >= 0.3 is 0 Å².